The van der Waals surface area contributed by atoms with Crippen LogP contribution >= 0.6 is 0 Å². The monoisotopic (exact) mass is 184 g/mol. The van der Waals surface area contributed by atoms with E-state index in [2.05, 4.69) is 22.3 Å². The number of likely N-dealkylation sites (N-methyl/N-ethyl adjacent to an activating group) is 1. The maximum atomic E-state index is 5.08. The van der Waals surface area contributed by atoms with E-state index < -0.39 is 0 Å². The Morgan fingerprint density at radius 1 is 1.62 bits per heavy atom. The Balaban J connectivity index is 2.37. The van der Waals surface area contributed by atoms with Gasteiger partial charge in [0.25, 0.3) is 0 Å². The third kappa shape index (κ3) is 3.52. The molecule has 0 radical (unpaired) electrons. The van der Waals surface area contributed by atoms with Crippen LogP contribution in [-0.2, 0) is 11.3 Å². The van der Waals surface area contributed by atoms with Crippen LogP contribution < -0.4 is 5.32 Å². The molecule has 5 heteroatoms. The zero-order chi connectivity index (χ0) is 9.52. The summed E-state index contributed by atoms with van der Waals surface area (Å²) in [6.45, 7) is 4.49. The van der Waals surface area contributed by atoms with Gasteiger partial charge >= 0.3 is 0 Å². The summed E-state index contributed by atoms with van der Waals surface area (Å²) >= 11 is 0. The van der Waals surface area contributed by atoms with Crippen LogP contribution in [-0.4, -0.2) is 41.1 Å². The van der Waals surface area contributed by atoms with Gasteiger partial charge in [0.15, 0.2) is 0 Å². The number of nitrogens with zero attached hydrogens (tertiary/aromatic N) is 3. The van der Waals surface area contributed by atoms with Crippen molar-refractivity contribution in [2.75, 3.05) is 20.3 Å². The Morgan fingerprint density at radius 2 is 2.46 bits per heavy atom. The van der Waals surface area contributed by atoms with Crippen molar-refractivity contribution in [2.45, 2.75) is 19.5 Å². The highest BCUT2D eigenvalue weighted by molar-refractivity contribution is 4.67. The number of hydrogen-bond donors (Lipinski definition) is 1. The molecule has 1 N–H and O–H groups in total. The summed E-state index contributed by atoms with van der Waals surface area (Å²) in [5, 5.41) is 7.34. The molecule has 0 aromatic carbocycles. The quantitative estimate of drug-likeness (QED) is 0.671. The molecule has 13 heavy (non-hydrogen) atoms. The van der Waals surface area contributed by atoms with Gasteiger partial charge in [0.2, 0.25) is 0 Å². The lowest BCUT2D eigenvalue weighted by Crippen LogP contribution is -2.37. The van der Waals surface area contributed by atoms with E-state index in [0.29, 0.717) is 12.6 Å². The molecule has 1 atom stereocenters. The number of rotatable bonds is 6. The first-order chi connectivity index (χ1) is 6.36. The van der Waals surface area contributed by atoms with Crippen LogP contribution in [0.1, 0.15) is 6.92 Å². The molecule has 0 spiro atoms. The highest BCUT2D eigenvalue weighted by Crippen LogP contribution is 1.90. The molecular formula is C8H16N4O. The Hall–Kier alpha value is -0.940. The van der Waals surface area contributed by atoms with E-state index in [1.165, 1.54) is 6.33 Å². The lowest BCUT2D eigenvalue weighted by molar-refractivity contribution is 0.157. The van der Waals surface area contributed by atoms with Gasteiger partial charge in [-0.15, -0.1) is 0 Å². The van der Waals surface area contributed by atoms with Gasteiger partial charge in [0.1, 0.15) is 12.7 Å². The number of ether oxygens (including phenoxy) is 1. The Labute approximate surface area is 78.1 Å². The number of methoxy groups -OCH3 is 1. The Morgan fingerprint density at radius 3 is 3.00 bits per heavy atom. The molecule has 1 aromatic rings. The Bertz CT molecular complexity index is 206. The average Bonchev–Trinajstić information content (AvgIpc) is 2.58. The van der Waals surface area contributed by atoms with Crippen molar-refractivity contribution < 1.29 is 4.74 Å². The molecule has 0 bridgehead atoms. The summed E-state index contributed by atoms with van der Waals surface area (Å²) in [5.74, 6) is 0. The fraction of sp³-hybridized carbons (Fsp3) is 0.750. The van der Waals surface area contributed by atoms with Crippen LogP contribution in [0.2, 0.25) is 0 Å². The van der Waals surface area contributed by atoms with Crippen LogP contribution in [0.15, 0.2) is 12.7 Å². The standard InChI is InChI=1S/C8H16N4O/c1-3-10-8(5-13-2)4-12-7-9-6-11-12/h6-8,10H,3-5H2,1-2H3. The zero-order valence-electron chi connectivity index (χ0n) is 8.10. The minimum absolute atomic E-state index is 0.302. The first-order valence-corrected chi connectivity index (χ1v) is 4.41. The molecule has 0 aliphatic rings. The second-order valence-corrected chi connectivity index (χ2v) is 2.83. The third-order valence-electron chi connectivity index (χ3n) is 1.73. The predicted octanol–water partition coefficient (Wildman–Crippen LogP) is -0.0974. The molecular weight excluding hydrogens is 168 g/mol. The molecule has 74 valence electrons. The van der Waals surface area contributed by atoms with Crippen molar-refractivity contribution in [3.63, 3.8) is 0 Å². The van der Waals surface area contributed by atoms with Gasteiger partial charge < -0.3 is 10.1 Å². The highest BCUT2D eigenvalue weighted by Gasteiger charge is 2.07. The van der Waals surface area contributed by atoms with E-state index in [0.717, 1.165) is 13.1 Å². The Kier molecular flexibility index (Phi) is 4.42. The largest absolute Gasteiger partial charge is 0.383 e. The molecule has 1 heterocycles. The lowest BCUT2D eigenvalue weighted by Gasteiger charge is -2.16. The van der Waals surface area contributed by atoms with E-state index in [1.807, 2.05) is 0 Å². The second-order valence-electron chi connectivity index (χ2n) is 2.83. The number of nitrogens with one attached hydrogen (secondary N) is 1. The van der Waals surface area contributed by atoms with E-state index in [4.69, 9.17) is 4.74 Å². The molecule has 1 rings (SSSR count). The van der Waals surface area contributed by atoms with Crippen LogP contribution in [0.5, 0.6) is 0 Å². The van der Waals surface area contributed by atoms with Gasteiger partial charge in [-0.1, -0.05) is 6.92 Å². The number of aromatic nitrogens is 3. The lowest BCUT2D eigenvalue weighted by atomic mass is 10.3. The molecule has 0 aliphatic carbocycles. The van der Waals surface area contributed by atoms with E-state index in [1.54, 1.807) is 18.1 Å². The molecule has 0 amide bonds. The highest BCUT2D eigenvalue weighted by atomic mass is 16.5. The molecule has 0 saturated heterocycles. The average molecular weight is 184 g/mol. The third-order valence-corrected chi connectivity index (χ3v) is 1.73. The maximum Gasteiger partial charge on any atom is 0.137 e. The van der Waals surface area contributed by atoms with Crippen LogP contribution in [0.3, 0.4) is 0 Å². The minimum Gasteiger partial charge on any atom is -0.383 e. The van der Waals surface area contributed by atoms with Crippen LogP contribution in [0.25, 0.3) is 0 Å². The van der Waals surface area contributed by atoms with Crippen LogP contribution in [0.4, 0.5) is 0 Å². The first-order valence-electron chi connectivity index (χ1n) is 4.41. The fourth-order valence-corrected chi connectivity index (χ4v) is 1.22. The molecule has 5 nitrogen and oxygen atoms in total. The smallest absolute Gasteiger partial charge is 0.137 e. The molecule has 0 saturated carbocycles. The molecule has 1 unspecified atom stereocenters. The van der Waals surface area contributed by atoms with E-state index in [9.17, 15) is 0 Å². The molecule has 0 aliphatic heterocycles. The van der Waals surface area contributed by atoms with Crippen molar-refractivity contribution >= 4 is 0 Å². The SMILES string of the molecule is CCNC(COC)Cn1cncn1. The van der Waals surface area contributed by atoms with E-state index >= 15 is 0 Å². The zero-order valence-corrected chi connectivity index (χ0v) is 8.10. The predicted molar refractivity (Wildman–Crippen MR) is 49.4 cm³/mol. The van der Waals surface area contributed by atoms with Gasteiger partial charge in [0, 0.05) is 7.11 Å². The number of hydrogen-bond acceptors (Lipinski definition) is 4. The normalized spacial score (nSPS) is 13.1. The second kappa shape index (κ2) is 5.66. The van der Waals surface area contributed by atoms with Gasteiger partial charge in [-0.2, -0.15) is 5.10 Å². The first kappa shape index (κ1) is 10.1. The molecule has 0 fully saturated rings. The van der Waals surface area contributed by atoms with Crippen molar-refractivity contribution in [2.24, 2.45) is 0 Å². The summed E-state index contributed by atoms with van der Waals surface area (Å²) in [5.41, 5.74) is 0. The summed E-state index contributed by atoms with van der Waals surface area (Å²) in [4.78, 5) is 3.88. The summed E-state index contributed by atoms with van der Waals surface area (Å²) in [7, 11) is 1.70. The van der Waals surface area contributed by atoms with Gasteiger partial charge in [0.05, 0.1) is 19.2 Å². The molecule has 1 aromatic heterocycles. The summed E-state index contributed by atoms with van der Waals surface area (Å²) in [6, 6.07) is 0.302. The van der Waals surface area contributed by atoms with Crippen molar-refractivity contribution in [3.8, 4) is 0 Å². The fourth-order valence-electron chi connectivity index (χ4n) is 1.22. The van der Waals surface area contributed by atoms with Crippen molar-refractivity contribution in [1.82, 2.24) is 20.1 Å². The van der Waals surface area contributed by atoms with Gasteiger partial charge in [-0.25, -0.2) is 4.98 Å². The van der Waals surface area contributed by atoms with Gasteiger partial charge in [-0.05, 0) is 6.54 Å². The van der Waals surface area contributed by atoms with Gasteiger partial charge in [-0.3, -0.25) is 4.68 Å². The van der Waals surface area contributed by atoms with E-state index in [-0.39, 0.29) is 0 Å². The summed E-state index contributed by atoms with van der Waals surface area (Å²) < 4.78 is 6.88. The maximum absolute atomic E-state index is 5.08. The minimum atomic E-state index is 0.302. The van der Waals surface area contributed by atoms with Crippen molar-refractivity contribution in [3.05, 3.63) is 12.7 Å². The summed E-state index contributed by atoms with van der Waals surface area (Å²) in [6.07, 6.45) is 3.25. The van der Waals surface area contributed by atoms with Crippen molar-refractivity contribution in [1.29, 1.82) is 0 Å². The van der Waals surface area contributed by atoms with Crippen LogP contribution in [0, 0.1) is 0 Å². The topological polar surface area (TPSA) is 52.0 Å².